The molecular weight excluding hydrogens is 174 g/mol. The van der Waals surface area contributed by atoms with Gasteiger partial charge < -0.3 is 10.2 Å². The molecule has 2 aromatic rings. The predicted octanol–water partition coefficient (Wildman–Crippen LogP) is 2.63. The molecule has 0 saturated heterocycles. The lowest BCUT2D eigenvalue weighted by Crippen LogP contribution is -2.17. The highest BCUT2D eigenvalue weighted by Crippen LogP contribution is 2.21. The van der Waals surface area contributed by atoms with Crippen molar-refractivity contribution in [3.63, 3.8) is 0 Å². The first kappa shape index (κ1) is 9.28. The van der Waals surface area contributed by atoms with E-state index in [1.54, 1.807) is 6.26 Å². The van der Waals surface area contributed by atoms with Crippen LogP contribution in [0.1, 0.15) is 18.1 Å². The second kappa shape index (κ2) is 3.46. The largest absolute Gasteiger partial charge is 0.464 e. The molecular formula is C12H15NO. The van der Waals surface area contributed by atoms with E-state index in [-0.39, 0.29) is 6.04 Å². The van der Waals surface area contributed by atoms with Gasteiger partial charge in [-0.1, -0.05) is 6.07 Å². The maximum Gasteiger partial charge on any atom is 0.134 e. The van der Waals surface area contributed by atoms with Crippen LogP contribution in [0.3, 0.4) is 0 Å². The Bertz CT molecular complexity index is 443. The van der Waals surface area contributed by atoms with E-state index in [1.807, 2.05) is 13.0 Å². The minimum absolute atomic E-state index is 0.208. The third-order valence-corrected chi connectivity index (χ3v) is 2.39. The lowest BCUT2D eigenvalue weighted by molar-refractivity contribution is 0.613. The Labute approximate surface area is 83.7 Å². The van der Waals surface area contributed by atoms with Crippen molar-refractivity contribution in [2.24, 2.45) is 5.73 Å². The van der Waals surface area contributed by atoms with E-state index < -0.39 is 0 Å². The number of aryl methyl sites for hydroxylation is 1. The molecule has 0 aliphatic heterocycles. The average Bonchev–Trinajstić information content (AvgIpc) is 2.47. The molecule has 0 spiro atoms. The molecule has 0 bridgehead atoms. The average molecular weight is 189 g/mol. The molecule has 1 aromatic heterocycles. The number of benzene rings is 1. The van der Waals surface area contributed by atoms with Gasteiger partial charge in [-0.15, -0.1) is 0 Å². The second-order valence-electron chi connectivity index (χ2n) is 3.93. The Morgan fingerprint density at radius 2 is 2.21 bits per heavy atom. The van der Waals surface area contributed by atoms with E-state index in [9.17, 15) is 0 Å². The maximum atomic E-state index is 5.76. The van der Waals surface area contributed by atoms with Gasteiger partial charge in [0.1, 0.15) is 5.58 Å². The van der Waals surface area contributed by atoms with Crippen molar-refractivity contribution < 1.29 is 4.42 Å². The van der Waals surface area contributed by atoms with Gasteiger partial charge in [-0.25, -0.2) is 0 Å². The SMILES string of the molecule is Cc1coc2ccc(CC(C)N)cc12. The summed E-state index contributed by atoms with van der Waals surface area (Å²) in [6.07, 6.45) is 2.71. The molecule has 1 unspecified atom stereocenters. The monoisotopic (exact) mass is 189 g/mol. The summed E-state index contributed by atoms with van der Waals surface area (Å²) in [4.78, 5) is 0. The van der Waals surface area contributed by atoms with Crippen LogP contribution in [-0.2, 0) is 6.42 Å². The van der Waals surface area contributed by atoms with Gasteiger partial charge in [0, 0.05) is 11.4 Å². The number of hydrogen-bond acceptors (Lipinski definition) is 2. The third kappa shape index (κ3) is 1.66. The van der Waals surface area contributed by atoms with Crippen molar-refractivity contribution in [2.45, 2.75) is 26.3 Å². The van der Waals surface area contributed by atoms with Crippen LogP contribution >= 0.6 is 0 Å². The Morgan fingerprint density at radius 3 is 2.93 bits per heavy atom. The topological polar surface area (TPSA) is 39.2 Å². The Morgan fingerprint density at radius 1 is 1.43 bits per heavy atom. The molecule has 74 valence electrons. The van der Waals surface area contributed by atoms with Gasteiger partial charge in [0.2, 0.25) is 0 Å². The molecule has 0 aliphatic carbocycles. The van der Waals surface area contributed by atoms with E-state index in [0.717, 1.165) is 12.0 Å². The Hall–Kier alpha value is -1.28. The molecule has 0 amide bonds. The standard InChI is InChI=1S/C12H15NO/c1-8-7-14-12-4-3-10(5-9(2)13)6-11(8)12/h3-4,6-7,9H,5,13H2,1-2H3. The van der Waals surface area contributed by atoms with Crippen LogP contribution in [0.4, 0.5) is 0 Å². The van der Waals surface area contributed by atoms with Crippen molar-refractivity contribution >= 4 is 11.0 Å². The quantitative estimate of drug-likeness (QED) is 0.788. The predicted molar refractivity (Wildman–Crippen MR) is 58.3 cm³/mol. The van der Waals surface area contributed by atoms with E-state index in [1.165, 1.54) is 16.5 Å². The number of furan rings is 1. The van der Waals surface area contributed by atoms with E-state index in [4.69, 9.17) is 10.2 Å². The molecule has 1 aromatic carbocycles. The normalized spacial score (nSPS) is 13.4. The van der Waals surface area contributed by atoms with Crippen LogP contribution in [0.2, 0.25) is 0 Å². The first-order chi connectivity index (χ1) is 6.66. The summed E-state index contributed by atoms with van der Waals surface area (Å²) in [7, 11) is 0. The van der Waals surface area contributed by atoms with Gasteiger partial charge in [0.15, 0.2) is 0 Å². The fourth-order valence-electron chi connectivity index (χ4n) is 1.70. The summed E-state index contributed by atoms with van der Waals surface area (Å²) in [5, 5.41) is 1.20. The van der Waals surface area contributed by atoms with Crippen molar-refractivity contribution in [3.05, 3.63) is 35.6 Å². The maximum absolute atomic E-state index is 5.76. The van der Waals surface area contributed by atoms with Crippen LogP contribution in [-0.4, -0.2) is 6.04 Å². The minimum atomic E-state index is 0.208. The van der Waals surface area contributed by atoms with Gasteiger partial charge in [-0.3, -0.25) is 0 Å². The Balaban J connectivity index is 2.44. The molecule has 0 saturated carbocycles. The zero-order valence-electron chi connectivity index (χ0n) is 8.58. The van der Waals surface area contributed by atoms with Gasteiger partial charge in [0.05, 0.1) is 6.26 Å². The highest BCUT2D eigenvalue weighted by molar-refractivity contribution is 5.81. The van der Waals surface area contributed by atoms with Gasteiger partial charge in [-0.05, 0) is 43.5 Å². The van der Waals surface area contributed by atoms with Gasteiger partial charge >= 0.3 is 0 Å². The zero-order valence-corrected chi connectivity index (χ0v) is 8.58. The minimum Gasteiger partial charge on any atom is -0.464 e. The lowest BCUT2D eigenvalue weighted by Gasteiger charge is -2.04. The summed E-state index contributed by atoms with van der Waals surface area (Å²) in [6.45, 7) is 4.08. The summed E-state index contributed by atoms with van der Waals surface area (Å²) in [5.41, 5.74) is 9.17. The fraction of sp³-hybridized carbons (Fsp3) is 0.333. The first-order valence-electron chi connectivity index (χ1n) is 4.89. The number of hydrogen-bond donors (Lipinski definition) is 1. The van der Waals surface area contributed by atoms with E-state index in [0.29, 0.717) is 0 Å². The number of rotatable bonds is 2. The van der Waals surface area contributed by atoms with Gasteiger partial charge in [0.25, 0.3) is 0 Å². The smallest absolute Gasteiger partial charge is 0.134 e. The summed E-state index contributed by atoms with van der Waals surface area (Å²) < 4.78 is 5.38. The zero-order chi connectivity index (χ0) is 10.1. The molecule has 2 heteroatoms. The number of nitrogens with two attached hydrogens (primary N) is 1. The van der Waals surface area contributed by atoms with Crippen LogP contribution in [0.25, 0.3) is 11.0 Å². The highest BCUT2D eigenvalue weighted by Gasteiger charge is 2.04. The molecule has 0 aliphatic rings. The van der Waals surface area contributed by atoms with E-state index in [2.05, 4.69) is 19.1 Å². The molecule has 1 heterocycles. The fourth-order valence-corrected chi connectivity index (χ4v) is 1.70. The number of fused-ring (bicyclic) bond motifs is 1. The van der Waals surface area contributed by atoms with Gasteiger partial charge in [-0.2, -0.15) is 0 Å². The summed E-state index contributed by atoms with van der Waals surface area (Å²) in [6, 6.07) is 6.46. The highest BCUT2D eigenvalue weighted by atomic mass is 16.3. The molecule has 2 nitrogen and oxygen atoms in total. The van der Waals surface area contributed by atoms with Crippen LogP contribution in [0, 0.1) is 6.92 Å². The molecule has 2 rings (SSSR count). The summed E-state index contributed by atoms with van der Waals surface area (Å²) >= 11 is 0. The van der Waals surface area contributed by atoms with E-state index >= 15 is 0 Å². The molecule has 1 atom stereocenters. The third-order valence-electron chi connectivity index (χ3n) is 2.39. The Kier molecular flexibility index (Phi) is 2.30. The lowest BCUT2D eigenvalue weighted by atomic mass is 10.0. The van der Waals surface area contributed by atoms with Crippen molar-refractivity contribution in [1.82, 2.24) is 0 Å². The first-order valence-corrected chi connectivity index (χ1v) is 4.89. The molecule has 2 N–H and O–H groups in total. The van der Waals surface area contributed by atoms with Crippen LogP contribution in [0.5, 0.6) is 0 Å². The molecule has 0 fully saturated rings. The van der Waals surface area contributed by atoms with Crippen LogP contribution in [0.15, 0.2) is 28.9 Å². The molecule has 14 heavy (non-hydrogen) atoms. The van der Waals surface area contributed by atoms with Crippen molar-refractivity contribution in [1.29, 1.82) is 0 Å². The second-order valence-corrected chi connectivity index (χ2v) is 3.93. The van der Waals surface area contributed by atoms with Crippen molar-refractivity contribution in [2.75, 3.05) is 0 Å². The van der Waals surface area contributed by atoms with Crippen molar-refractivity contribution in [3.8, 4) is 0 Å². The molecule has 0 radical (unpaired) electrons. The van der Waals surface area contributed by atoms with Crippen LogP contribution < -0.4 is 5.73 Å². The summed E-state index contributed by atoms with van der Waals surface area (Å²) in [5.74, 6) is 0.